The smallest absolute Gasteiger partial charge is 0.280 e. The number of nitro groups is 1. The van der Waals surface area contributed by atoms with Gasteiger partial charge in [-0.1, -0.05) is 54.6 Å². The molecule has 7 atom stereocenters. The van der Waals surface area contributed by atoms with Gasteiger partial charge in [0, 0.05) is 44.4 Å². The first-order chi connectivity index (χ1) is 31.4. The van der Waals surface area contributed by atoms with Gasteiger partial charge in [-0.3, -0.25) is 34.1 Å². The highest BCUT2D eigenvalue weighted by atomic mass is 16.7. The molecule has 4 aromatic rings. The molecule has 348 valence electrons. The number of hydrogen-bond acceptors (Lipinski definition) is 14. The Morgan fingerprint density at radius 2 is 1.72 bits per heavy atom. The summed E-state index contributed by atoms with van der Waals surface area (Å²) in [6.45, 7) is 1.21. The van der Waals surface area contributed by atoms with Crippen molar-refractivity contribution in [2.75, 3.05) is 38.2 Å². The first-order valence-corrected chi connectivity index (χ1v) is 21.7. The molecule has 2 saturated heterocycles. The fourth-order valence-electron chi connectivity index (χ4n) is 8.18. The molecule has 2 aliphatic rings. The molecule has 3 aromatic carbocycles. The Morgan fingerprint density at radius 3 is 2.46 bits per heavy atom. The lowest BCUT2D eigenvalue weighted by Crippen LogP contribution is -2.65. The van der Waals surface area contributed by atoms with E-state index in [1.54, 1.807) is 12.1 Å². The quantitative estimate of drug-likeness (QED) is 0.0257. The van der Waals surface area contributed by atoms with Gasteiger partial charge < -0.3 is 56.3 Å². The van der Waals surface area contributed by atoms with E-state index in [2.05, 4.69) is 26.3 Å². The summed E-state index contributed by atoms with van der Waals surface area (Å²) in [6.07, 6.45) is -2.39. The van der Waals surface area contributed by atoms with Gasteiger partial charge in [0.25, 0.3) is 5.69 Å². The van der Waals surface area contributed by atoms with Gasteiger partial charge in [0.1, 0.15) is 48.4 Å². The second-order valence-electron chi connectivity index (χ2n) is 16.0. The van der Waals surface area contributed by atoms with E-state index in [4.69, 9.17) is 19.9 Å². The molecule has 3 heterocycles. The van der Waals surface area contributed by atoms with Crippen molar-refractivity contribution in [3.8, 4) is 0 Å². The number of rotatable bonds is 22. The minimum atomic E-state index is -1.47. The lowest BCUT2D eigenvalue weighted by Gasteiger charge is -2.44. The van der Waals surface area contributed by atoms with Crippen molar-refractivity contribution in [1.29, 1.82) is 0 Å². The molecule has 0 aliphatic carbocycles. The summed E-state index contributed by atoms with van der Waals surface area (Å²) in [5.74, 6) is -2.90. The molecule has 20 heteroatoms. The Balaban J connectivity index is 0.948. The van der Waals surface area contributed by atoms with Crippen LogP contribution in [0.25, 0.3) is 21.8 Å². The van der Waals surface area contributed by atoms with Crippen LogP contribution in [0, 0.1) is 10.1 Å². The number of benzene rings is 3. The Morgan fingerprint density at radius 1 is 0.985 bits per heavy atom. The Labute approximate surface area is 374 Å². The number of nitro benzene ring substituents is 1. The van der Waals surface area contributed by atoms with Gasteiger partial charge in [-0.25, -0.2) is 4.98 Å². The molecule has 20 nitrogen and oxygen atoms in total. The van der Waals surface area contributed by atoms with Crippen LogP contribution in [0.2, 0.25) is 0 Å². The molecule has 2 aliphatic heterocycles. The van der Waals surface area contributed by atoms with Crippen LogP contribution >= 0.6 is 0 Å². The normalized spacial score (nSPS) is 21.1. The first-order valence-electron chi connectivity index (χ1n) is 21.7. The fourth-order valence-corrected chi connectivity index (χ4v) is 8.18. The van der Waals surface area contributed by atoms with Gasteiger partial charge in [0.15, 0.2) is 6.29 Å². The summed E-state index contributed by atoms with van der Waals surface area (Å²) in [6, 6.07) is 18.1. The first kappa shape index (κ1) is 48.1. The third-order valence-electron chi connectivity index (χ3n) is 11.4. The lowest BCUT2D eigenvalue weighted by atomic mass is 9.96. The SMILES string of the molecule is CC(=O)N[C@@H]1[C@H](OCc2ccccc2)O[C@@H](CO)[C@@H](O)[C@@H]1OCC(=O)N1CCC[C@H]1C(=O)N[C@H](CCC(=O)NCCCCCNc1c2ccccc2nc2cccc([N+](=O)[O-])c12)C(N)=O. The number of aliphatic hydroxyl groups excluding tert-OH is 2. The second-order valence-corrected chi connectivity index (χ2v) is 16.0. The van der Waals surface area contributed by atoms with E-state index in [1.165, 1.54) is 17.9 Å². The van der Waals surface area contributed by atoms with E-state index in [0.717, 1.165) is 17.4 Å². The van der Waals surface area contributed by atoms with Crippen molar-refractivity contribution >= 4 is 62.7 Å². The second kappa shape index (κ2) is 23.0. The van der Waals surface area contributed by atoms with Crippen LogP contribution in [-0.2, 0) is 44.8 Å². The highest BCUT2D eigenvalue weighted by Gasteiger charge is 2.47. The highest BCUT2D eigenvalue weighted by molar-refractivity contribution is 6.11. The molecular formula is C45H56N8O12. The van der Waals surface area contributed by atoms with Crippen LogP contribution in [0.5, 0.6) is 0 Å². The van der Waals surface area contributed by atoms with E-state index in [0.29, 0.717) is 54.5 Å². The number of hydrogen-bond donors (Lipinski definition) is 7. The van der Waals surface area contributed by atoms with Gasteiger partial charge in [-0.05, 0) is 56.2 Å². The third-order valence-corrected chi connectivity index (χ3v) is 11.4. The van der Waals surface area contributed by atoms with Crippen LogP contribution in [-0.4, -0.2) is 130 Å². The number of nitrogens with one attached hydrogen (secondary N) is 4. The fraction of sp³-hybridized carbons (Fsp3) is 0.467. The molecular weight excluding hydrogens is 845 g/mol. The maximum atomic E-state index is 13.6. The molecule has 5 amide bonds. The number of fused-ring (bicyclic) bond motifs is 2. The summed E-state index contributed by atoms with van der Waals surface area (Å²) in [4.78, 5) is 81.8. The van der Waals surface area contributed by atoms with E-state index >= 15 is 0 Å². The van der Waals surface area contributed by atoms with Crippen LogP contribution in [0.15, 0.2) is 72.8 Å². The molecule has 65 heavy (non-hydrogen) atoms. The number of carbonyl (C=O) groups excluding carboxylic acids is 5. The minimum Gasteiger partial charge on any atom is -0.394 e. The number of anilines is 1. The Hall–Kier alpha value is -6.32. The molecule has 6 rings (SSSR count). The summed E-state index contributed by atoms with van der Waals surface area (Å²) in [5, 5.41) is 45.6. The number of aliphatic hydroxyl groups is 2. The zero-order chi connectivity index (χ0) is 46.5. The highest BCUT2D eigenvalue weighted by Crippen LogP contribution is 2.36. The molecule has 0 unspecified atom stereocenters. The predicted molar refractivity (Wildman–Crippen MR) is 237 cm³/mol. The maximum Gasteiger partial charge on any atom is 0.280 e. The Kier molecular flexibility index (Phi) is 17.1. The number of amides is 5. The summed E-state index contributed by atoms with van der Waals surface area (Å²) in [7, 11) is 0. The maximum absolute atomic E-state index is 13.6. The molecule has 0 radical (unpaired) electrons. The van der Waals surface area contributed by atoms with Crippen molar-refractivity contribution in [3.63, 3.8) is 0 Å². The lowest BCUT2D eigenvalue weighted by molar-refractivity contribution is -0.383. The number of nitrogens with two attached hydrogens (primary N) is 1. The molecule has 0 spiro atoms. The van der Waals surface area contributed by atoms with Gasteiger partial charge >= 0.3 is 0 Å². The number of nitrogens with zero attached hydrogens (tertiary/aromatic N) is 3. The third kappa shape index (κ3) is 12.5. The average molecular weight is 901 g/mol. The van der Waals surface area contributed by atoms with E-state index in [1.807, 2.05) is 54.6 Å². The number of likely N-dealkylation sites (tertiary alicyclic amines) is 1. The molecule has 1 aromatic heterocycles. The topological polar surface area (TPSA) is 287 Å². The standard InChI is InChI=1S/C45H56N8O12/c1-27(55)49-40-42(41(58)35(24-54)65-45(40)64-25-28-12-4-2-5-13-28)63-26-37(57)52-23-11-18-34(52)44(60)51-32(43(46)59)19-20-36(56)47-21-8-3-9-22-48-39-29-14-6-7-15-30(29)50-31-16-10-17-33(38(31)39)53(61)62/h2,4-7,10,12-17,32,34-35,40-42,45,54,58H,3,8-9,11,18-26H2,1H3,(H2,46,59)(H,47,56)(H,48,50)(H,49,55)(H,51,60)/t32-,34+,35+,40+,41-,42-,45-/m1/s1. The van der Waals surface area contributed by atoms with Crippen molar-refractivity contribution < 1.29 is 53.3 Å². The minimum absolute atomic E-state index is 0.0349. The molecule has 0 bridgehead atoms. The number of unbranched alkanes of at least 4 members (excludes halogenated alkanes) is 2. The van der Waals surface area contributed by atoms with Crippen LogP contribution in [0.4, 0.5) is 11.4 Å². The monoisotopic (exact) mass is 900 g/mol. The van der Waals surface area contributed by atoms with Crippen LogP contribution in [0.3, 0.4) is 0 Å². The van der Waals surface area contributed by atoms with Crippen LogP contribution < -0.4 is 27.0 Å². The average Bonchev–Trinajstić information content (AvgIpc) is 3.80. The zero-order valence-corrected chi connectivity index (χ0v) is 36.1. The summed E-state index contributed by atoms with van der Waals surface area (Å²) >= 11 is 0. The largest absolute Gasteiger partial charge is 0.394 e. The number of primary amides is 1. The number of para-hydroxylation sites is 1. The predicted octanol–water partition coefficient (Wildman–Crippen LogP) is 1.92. The zero-order valence-electron chi connectivity index (χ0n) is 36.1. The van der Waals surface area contributed by atoms with Crippen molar-refractivity contribution in [2.45, 2.75) is 101 Å². The van der Waals surface area contributed by atoms with Crippen molar-refractivity contribution in [1.82, 2.24) is 25.8 Å². The number of aromatic nitrogens is 1. The van der Waals surface area contributed by atoms with Gasteiger partial charge in [0.05, 0.1) is 34.9 Å². The molecule has 8 N–H and O–H groups in total. The van der Waals surface area contributed by atoms with E-state index in [9.17, 15) is 44.3 Å². The van der Waals surface area contributed by atoms with E-state index in [-0.39, 0.29) is 44.0 Å². The Bertz CT molecular complexity index is 2320. The molecule has 0 saturated carbocycles. The number of ether oxygens (including phenoxy) is 3. The summed E-state index contributed by atoms with van der Waals surface area (Å²) in [5.41, 5.74) is 8.26. The van der Waals surface area contributed by atoms with Gasteiger partial charge in [-0.2, -0.15) is 0 Å². The van der Waals surface area contributed by atoms with E-state index < -0.39 is 84.5 Å². The van der Waals surface area contributed by atoms with Crippen molar-refractivity contribution in [2.24, 2.45) is 5.73 Å². The van der Waals surface area contributed by atoms with Crippen molar-refractivity contribution in [3.05, 3.63) is 88.5 Å². The van der Waals surface area contributed by atoms with Gasteiger partial charge in [0.2, 0.25) is 29.5 Å². The van der Waals surface area contributed by atoms with Gasteiger partial charge in [-0.15, -0.1) is 0 Å². The summed E-state index contributed by atoms with van der Waals surface area (Å²) < 4.78 is 17.7. The number of carbonyl (C=O) groups is 5. The number of non-ortho nitro benzene ring substituents is 1. The van der Waals surface area contributed by atoms with Crippen LogP contribution in [0.1, 0.15) is 57.4 Å². The number of pyridine rings is 1. The molecule has 2 fully saturated rings.